The van der Waals surface area contributed by atoms with Gasteiger partial charge in [-0.2, -0.15) is 0 Å². The van der Waals surface area contributed by atoms with Crippen LogP contribution in [0.5, 0.6) is 11.5 Å². The van der Waals surface area contributed by atoms with Gasteiger partial charge < -0.3 is 19.7 Å². The van der Waals surface area contributed by atoms with Crippen molar-refractivity contribution >= 4 is 17.5 Å². The van der Waals surface area contributed by atoms with Gasteiger partial charge in [0.1, 0.15) is 22.9 Å². The molecule has 7 heteroatoms. The van der Waals surface area contributed by atoms with Gasteiger partial charge >= 0.3 is 0 Å². The summed E-state index contributed by atoms with van der Waals surface area (Å²) >= 11 is 0. The van der Waals surface area contributed by atoms with Crippen LogP contribution in [-0.4, -0.2) is 36.5 Å². The zero-order valence-corrected chi connectivity index (χ0v) is 20.6. The number of amides is 2. The van der Waals surface area contributed by atoms with Crippen LogP contribution in [0.15, 0.2) is 72.8 Å². The molecule has 0 saturated heterocycles. The van der Waals surface area contributed by atoms with E-state index in [1.807, 2.05) is 30.3 Å². The quantitative estimate of drug-likeness (QED) is 0.438. The molecule has 2 amide bonds. The molecule has 1 fully saturated rings. The van der Waals surface area contributed by atoms with Gasteiger partial charge in [-0.15, -0.1) is 0 Å². The minimum Gasteiger partial charge on any atom is -0.497 e. The molecule has 0 bridgehead atoms. The highest BCUT2D eigenvalue weighted by atomic mass is 19.1. The smallest absolute Gasteiger partial charge is 0.250 e. The van der Waals surface area contributed by atoms with Gasteiger partial charge in [-0.25, -0.2) is 4.39 Å². The van der Waals surface area contributed by atoms with E-state index < -0.39 is 11.4 Å². The molecule has 1 N–H and O–H groups in total. The van der Waals surface area contributed by atoms with Crippen LogP contribution in [0.25, 0.3) is 0 Å². The van der Waals surface area contributed by atoms with Crippen molar-refractivity contribution < 1.29 is 23.5 Å². The number of carbonyl (C=O) groups is 2. The Bertz CT molecular complexity index is 1210. The van der Waals surface area contributed by atoms with E-state index in [1.54, 1.807) is 48.4 Å². The Balaban J connectivity index is 1.70. The Kier molecular flexibility index (Phi) is 7.88. The molecule has 1 aliphatic carbocycles. The maximum absolute atomic E-state index is 14.7. The second-order valence-corrected chi connectivity index (χ2v) is 8.99. The summed E-state index contributed by atoms with van der Waals surface area (Å²) in [6.07, 6.45) is 2.69. The molecule has 0 aliphatic heterocycles. The summed E-state index contributed by atoms with van der Waals surface area (Å²) in [4.78, 5) is 29.3. The molecule has 3 aromatic carbocycles. The van der Waals surface area contributed by atoms with Crippen molar-refractivity contribution in [2.24, 2.45) is 0 Å². The molecule has 0 heterocycles. The first-order chi connectivity index (χ1) is 17.5. The largest absolute Gasteiger partial charge is 0.497 e. The van der Waals surface area contributed by atoms with E-state index in [2.05, 4.69) is 5.32 Å². The van der Waals surface area contributed by atoms with Gasteiger partial charge in [0.05, 0.1) is 26.3 Å². The van der Waals surface area contributed by atoms with Crippen molar-refractivity contribution in [1.82, 2.24) is 4.90 Å². The van der Waals surface area contributed by atoms with Crippen molar-refractivity contribution in [2.75, 3.05) is 19.5 Å². The highest BCUT2D eigenvalue weighted by molar-refractivity contribution is 6.02. The number of nitrogens with one attached hydrogen (secondary N) is 1. The SMILES string of the molecule is COc1ccc(NC(=O)C2(N(Cc3ccccc3F)C(=O)Cc3ccccc3)CCCC2)c(OC)c1. The first-order valence-electron chi connectivity index (χ1n) is 12.1. The number of hydrogen-bond acceptors (Lipinski definition) is 4. The van der Waals surface area contributed by atoms with Gasteiger partial charge in [0.25, 0.3) is 0 Å². The van der Waals surface area contributed by atoms with E-state index in [-0.39, 0.29) is 24.8 Å². The third-order valence-electron chi connectivity index (χ3n) is 6.81. The molecule has 6 nitrogen and oxygen atoms in total. The van der Waals surface area contributed by atoms with E-state index >= 15 is 0 Å². The van der Waals surface area contributed by atoms with Crippen molar-refractivity contribution in [3.63, 3.8) is 0 Å². The van der Waals surface area contributed by atoms with E-state index in [1.165, 1.54) is 13.2 Å². The molecule has 0 aromatic heterocycles. The summed E-state index contributed by atoms with van der Waals surface area (Å²) in [6.45, 7) is 0.00546. The predicted octanol–water partition coefficient (Wildman–Crippen LogP) is 5.37. The molecule has 0 radical (unpaired) electrons. The molecule has 4 rings (SSSR count). The fourth-order valence-electron chi connectivity index (χ4n) is 4.86. The van der Waals surface area contributed by atoms with Crippen molar-refractivity contribution in [3.8, 4) is 11.5 Å². The van der Waals surface area contributed by atoms with Crippen molar-refractivity contribution in [1.29, 1.82) is 0 Å². The molecule has 188 valence electrons. The monoisotopic (exact) mass is 490 g/mol. The highest BCUT2D eigenvalue weighted by Crippen LogP contribution is 2.39. The Morgan fingerprint density at radius 3 is 2.31 bits per heavy atom. The van der Waals surface area contributed by atoms with Crippen LogP contribution in [0.3, 0.4) is 0 Å². The topological polar surface area (TPSA) is 67.9 Å². The Morgan fingerprint density at radius 1 is 0.944 bits per heavy atom. The third kappa shape index (κ3) is 5.35. The minimum atomic E-state index is -1.11. The summed E-state index contributed by atoms with van der Waals surface area (Å²) < 4.78 is 25.4. The van der Waals surface area contributed by atoms with Gasteiger partial charge in [-0.3, -0.25) is 9.59 Å². The summed E-state index contributed by atoms with van der Waals surface area (Å²) in [5.74, 6) is 0.122. The van der Waals surface area contributed by atoms with Gasteiger partial charge in [-0.05, 0) is 36.6 Å². The normalized spacial score (nSPS) is 14.2. The zero-order valence-electron chi connectivity index (χ0n) is 20.6. The van der Waals surface area contributed by atoms with E-state index in [0.717, 1.165) is 18.4 Å². The lowest BCUT2D eigenvalue weighted by Gasteiger charge is -2.40. The summed E-state index contributed by atoms with van der Waals surface area (Å²) in [6, 6.07) is 20.9. The summed E-state index contributed by atoms with van der Waals surface area (Å²) in [7, 11) is 3.07. The molecule has 3 aromatic rings. The predicted molar refractivity (Wildman–Crippen MR) is 136 cm³/mol. The Labute approximate surface area is 211 Å². The van der Waals surface area contributed by atoms with Crippen molar-refractivity contribution in [2.45, 2.75) is 44.2 Å². The highest BCUT2D eigenvalue weighted by Gasteiger charge is 2.48. The number of hydrogen-bond donors (Lipinski definition) is 1. The zero-order chi connectivity index (χ0) is 25.5. The minimum absolute atomic E-state index is 0.00546. The van der Waals surface area contributed by atoms with E-state index in [9.17, 15) is 14.0 Å². The van der Waals surface area contributed by atoms with E-state index in [4.69, 9.17) is 9.47 Å². The maximum Gasteiger partial charge on any atom is 0.250 e. The van der Waals surface area contributed by atoms with Crippen LogP contribution in [0.1, 0.15) is 36.8 Å². The van der Waals surface area contributed by atoms with Crippen LogP contribution in [0.2, 0.25) is 0 Å². The maximum atomic E-state index is 14.7. The van der Waals surface area contributed by atoms with Crippen LogP contribution >= 0.6 is 0 Å². The number of methoxy groups -OCH3 is 2. The van der Waals surface area contributed by atoms with Crippen molar-refractivity contribution in [3.05, 3.63) is 89.7 Å². The fraction of sp³-hybridized carbons (Fsp3) is 0.310. The Morgan fingerprint density at radius 2 is 1.64 bits per heavy atom. The van der Waals surface area contributed by atoms with Gasteiger partial charge in [0.2, 0.25) is 11.8 Å². The average molecular weight is 491 g/mol. The number of carbonyl (C=O) groups excluding carboxylic acids is 2. The van der Waals surface area contributed by atoms with Crippen LogP contribution in [-0.2, 0) is 22.6 Å². The molecule has 0 unspecified atom stereocenters. The molecule has 1 saturated carbocycles. The first-order valence-corrected chi connectivity index (χ1v) is 12.1. The first kappa shape index (κ1) is 25.2. The lowest BCUT2D eigenvalue weighted by molar-refractivity contribution is -0.145. The number of anilines is 1. The standard InChI is InChI=1S/C29H31FN2O4/c1-35-23-14-15-25(26(19-23)36-2)31-28(34)29(16-8-9-17-29)32(20-22-12-6-7-13-24(22)30)27(33)18-21-10-4-3-5-11-21/h3-7,10-15,19H,8-9,16-18,20H2,1-2H3,(H,31,34). The Hall–Kier alpha value is -3.87. The molecule has 1 aliphatic rings. The second kappa shape index (κ2) is 11.2. The molecule has 36 heavy (non-hydrogen) atoms. The van der Waals surface area contributed by atoms with Crippen LogP contribution < -0.4 is 14.8 Å². The number of rotatable bonds is 9. The number of halogens is 1. The molecular formula is C29H31FN2O4. The lowest BCUT2D eigenvalue weighted by Crippen LogP contribution is -2.57. The van der Waals surface area contributed by atoms with Gasteiger partial charge in [0, 0.05) is 18.2 Å². The third-order valence-corrected chi connectivity index (χ3v) is 6.81. The number of benzene rings is 3. The van der Waals surface area contributed by atoms with Gasteiger partial charge in [0.15, 0.2) is 0 Å². The van der Waals surface area contributed by atoms with Crippen LogP contribution in [0.4, 0.5) is 10.1 Å². The van der Waals surface area contributed by atoms with E-state index in [0.29, 0.717) is 35.6 Å². The molecular weight excluding hydrogens is 459 g/mol. The lowest BCUT2D eigenvalue weighted by atomic mass is 9.91. The number of ether oxygens (including phenoxy) is 2. The fourth-order valence-corrected chi connectivity index (χ4v) is 4.86. The second-order valence-electron chi connectivity index (χ2n) is 8.99. The average Bonchev–Trinajstić information content (AvgIpc) is 3.40. The molecule has 0 spiro atoms. The van der Waals surface area contributed by atoms with Gasteiger partial charge in [-0.1, -0.05) is 61.4 Å². The molecule has 0 atom stereocenters. The summed E-state index contributed by atoms with van der Waals surface area (Å²) in [5.41, 5.74) is 0.585. The van der Waals surface area contributed by atoms with Crippen LogP contribution in [0, 0.1) is 5.82 Å². The number of nitrogens with zero attached hydrogens (tertiary/aromatic N) is 1. The summed E-state index contributed by atoms with van der Waals surface area (Å²) in [5, 5.41) is 2.99.